The number of hydrogen-bond donors (Lipinski definition) is 4. The zero-order valence-corrected chi connectivity index (χ0v) is 20.8. The van der Waals surface area contributed by atoms with Crippen molar-refractivity contribution in [3.63, 3.8) is 0 Å². The number of benzene rings is 2. The molecule has 0 bridgehead atoms. The molecule has 4 N–H and O–H groups in total. The molecule has 0 unspecified atom stereocenters. The van der Waals surface area contributed by atoms with Crippen molar-refractivity contribution in [2.75, 3.05) is 19.3 Å². The van der Waals surface area contributed by atoms with E-state index < -0.39 is 15.8 Å². The van der Waals surface area contributed by atoms with E-state index in [4.69, 9.17) is 0 Å². The largest absolute Gasteiger partial charge is 0.335 e. The van der Waals surface area contributed by atoms with Gasteiger partial charge in [0.2, 0.25) is 10.0 Å². The molecule has 6 rings (SSSR count). The minimum absolute atomic E-state index is 0.0138. The van der Waals surface area contributed by atoms with Gasteiger partial charge in [-0.3, -0.25) is 5.10 Å². The number of halogens is 1. The Kier molecular flexibility index (Phi) is 5.82. The SMILES string of the molecule is CS(=O)(=O)NCc1cc(F)cc(-c2ccnc3nc(-c4n[nH]c5ccc(C6=CCNCC6)cc45)[nH]c23)c1. The number of sulfonamides is 1. The van der Waals surface area contributed by atoms with E-state index in [1.54, 1.807) is 18.3 Å². The first-order chi connectivity index (χ1) is 17.8. The molecule has 9 nitrogen and oxygen atoms in total. The third kappa shape index (κ3) is 4.76. The van der Waals surface area contributed by atoms with Crippen LogP contribution in [0.1, 0.15) is 17.5 Å². The van der Waals surface area contributed by atoms with E-state index in [1.165, 1.54) is 17.7 Å². The van der Waals surface area contributed by atoms with Crippen LogP contribution in [0.25, 0.3) is 50.3 Å². The average Bonchev–Trinajstić information content (AvgIpc) is 3.51. The van der Waals surface area contributed by atoms with Crippen LogP contribution in [0.5, 0.6) is 0 Å². The van der Waals surface area contributed by atoms with Gasteiger partial charge in [-0.2, -0.15) is 5.10 Å². The second kappa shape index (κ2) is 9.18. The van der Waals surface area contributed by atoms with E-state index in [2.05, 4.69) is 53.4 Å². The molecular formula is C26H24FN7O2S. The lowest BCUT2D eigenvalue weighted by atomic mass is 9.98. The fourth-order valence-corrected chi connectivity index (χ4v) is 5.09. The van der Waals surface area contributed by atoms with Crippen molar-refractivity contribution in [3.05, 3.63) is 71.7 Å². The van der Waals surface area contributed by atoms with Gasteiger partial charge in [-0.15, -0.1) is 0 Å². The molecule has 0 saturated carbocycles. The Bertz CT molecular complexity index is 1790. The second-order valence-corrected chi connectivity index (χ2v) is 10.9. The topological polar surface area (TPSA) is 128 Å². The summed E-state index contributed by atoms with van der Waals surface area (Å²) in [6.45, 7) is 1.79. The summed E-state index contributed by atoms with van der Waals surface area (Å²) < 4.78 is 39.9. The minimum atomic E-state index is -3.41. The highest BCUT2D eigenvalue weighted by molar-refractivity contribution is 7.88. The molecule has 1 aliphatic rings. The lowest BCUT2D eigenvalue weighted by Gasteiger charge is -2.14. The first-order valence-electron chi connectivity index (χ1n) is 11.8. The summed E-state index contributed by atoms with van der Waals surface area (Å²) in [5.74, 6) is 0.0820. The van der Waals surface area contributed by atoms with Crippen LogP contribution >= 0.6 is 0 Å². The summed E-state index contributed by atoms with van der Waals surface area (Å²) in [6, 6.07) is 12.5. The van der Waals surface area contributed by atoms with Crippen molar-refractivity contribution < 1.29 is 12.8 Å². The van der Waals surface area contributed by atoms with Crippen LogP contribution < -0.4 is 10.0 Å². The van der Waals surface area contributed by atoms with Gasteiger partial charge in [0.25, 0.3) is 0 Å². The van der Waals surface area contributed by atoms with Crippen molar-refractivity contribution in [1.29, 1.82) is 0 Å². The molecule has 4 heterocycles. The predicted molar refractivity (Wildman–Crippen MR) is 142 cm³/mol. The normalized spacial score (nSPS) is 14.4. The Morgan fingerprint density at radius 2 is 2.00 bits per heavy atom. The van der Waals surface area contributed by atoms with E-state index in [1.807, 2.05) is 6.07 Å². The molecule has 2 aromatic carbocycles. The summed E-state index contributed by atoms with van der Waals surface area (Å²) in [4.78, 5) is 12.4. The van der Waals surface area contributed by atoms with E-state index in [0.717, 1.165) is 42.2 Å². The number of hydrogen-bond acceptors (Lipinski definition) is 6. The third-order valence-corrected chi connectivity index (χ3v) is 7.09. The molecule has 0 radical (unpaired) electrons. The smallest absolute Gasteiger partial charge is 0.209 e. The lowest BCUT2D eigenvalue weighted by molar-refractivity contribution is 0.586. The standard InChI is InChI=1S/C26H24FN7O2S/c1-37(35,36)30-14-15-10-18(12-19(27)11-15)20-6-9-29-25-23(20)31-26(32-25)24-21-13-17(2-3-22(21)33-34-24)16-4-7-28-8-5-16/h2-4,6,9-13,28,30H,5,7-8,14H2,1H3,(H,33,34)(H,29,31,32). The second-order valence-electron chi connectivity index (χ2n) is 9.10. The van der Waals surface area contributed by atoms with E-state index in [-0.39, 0.29) is 6.54 Å². The maximum Gasteiger partial charge on any atom is 0.209 e. The molecule has 0 amide bonds. The molecule has 0 aliphatic carbocycles. The zero-order valence-electron chi connectivity index (χ0n) is 20.0. The summed E-state index contributed by atoms with van der Waals surface area (Å²) in [7, 11) is -3.41. The Labute approximate surface area is 212 Å². The Balaban J connectivity index is 1.42. The molecule has 0 fully saturated rings. The van der Waals surface area contributed by atoms with E-state index in [9.17, 15) is 12.8 Å². The Hall–Kier alpha value is -3.93. The summed E-state index contributed by atoms with van der Waals surface area (Å²) in [6.07, 6.45) is 5.86. The van der Waals surface area contributed by atoms with Crippen molar-refractivity contribution in [2.24, 2.45) is 0 Å². The predicted octanol–water partition coefficient (Wildman–Crippen LogP) is 3.73. The van der Waals surface area contributed by atoms with Crippen molar-refractivity contribution >= 4 is 37.7 Å². The first-order valence-corrected chi connectivity index (χ1v) is 13.7. The fourth-order valence-electron chi connectivity index (χ4n) is 4.67. The Morgan fingerprint density at radius 3 is 2.81 bits per heavy atom. The molecule has 188 valence electrons. The lowest BCUT2D eigenvalue weighted by Crippen LogP contribution is -2.21. The highest BCUT2D eigenvalue weighted by Gasteiger charge is 2.17. The molecular weight excluding hydrogens is 493 g/mol. The number of nitrogens with zero attached hydrogens (tertiary/aromatic N) is 3. The van der Waals surface area contributed by atoms with Gasteiger partial charge in [0, 0.05) is 30.2 Å². The van der Waals surface area contributed by atoms with E-state index >= 15 is 0 Å². The van der Waals surface area contributed by atoms with Crippen molar-refractivity contribution in [3.8, 4) is 22.6 Å². The number of aromatic nitrogens is 5. The fraction of sp³-hybridized carbons (Fsp3) is 0.192. The van der Waals surface area contributed by atoms with Gasteiger partial charge in [-0.25, -0.2) is 27.5 Å². The zero-order chi connectivity index (χ0) is 25.6. The van der Waals surface area contributed by atoms with Crippen molar-refractivity contribution in [1.82, 2.24) is 35.2 Å². The van der Waals surface area contributed by atoms with Gasteiger partial charge in [-0.05, 0) is 71.6 Å². The monoisotopic (exact) mass is 517 g/mol. The first kappa shape index (κ1) is 23.5. The van der Waals surface area contributed by atoms with Crippen LogP contribution in [-0.4, -0.2) is 52.9 Å². The molecule has 5 aromatic rings. The molecule has 1 aliphatic heterocycles. The molecule has 0 spiro atoms. The van der Waals surface area contributed by atoms with Gasteiger partial charge in [0.15, 0.2) is 11.5 Å². The number of pyridine rings is 1. The van der Waals surface area contributed by atoms with Gasteiger partial charge >= 0.3 is 0 Å². The van der Waals surface area contributed by atoms with E-state index in [0.29, 0.717) is 39.4 Å². The number of aromatic amines is 2. The molecule has 0 saturated heterocycles. The maximum atomic E-state index is 14.5. The molecule has 11 heteroatoms. The summed E-state index contributed by atoms with van der Waals surface area (Å²) >= 11 is 0. The number of H-pyrrole nitrogens is 2. The van der Waals surface area contributed by atoms with Crippen molar-refractivity contribution in [2.45, 2.75) is 13.0 Å². The highest BCUT2D eigenvalue weighted by Crippen LogP contribution is 2.33. The molecule has 3 aromatic heterocycles. The van der Waals surface area contributed by atoms with Crippen LogP contribution in [0.4, 0.5) is 4.39 Å². The Morgan fingerprint density at radius 1 is 1.11 bits per heavy atom. The number of nitrogens with one attached hydrogen (secondary N) is 4. The highest BCUT2D eigenvalue weighted by atomic mass is 32.2. The van der Waals surface area contributed by atoms with Crippen LogP contribution in [0, 0.1) is 5.82 Å². The summed E-state index contributed by atoms with van der Waals surface area (Å²) in [5, 5.41) is 11.9. The quantitative estimate of drug-likeness (QED) is 0.272. The van der Waals surface area contributed by atoms with Crippen LogP contribution in [0.2, 0.25) is 0 Å². The van der Waals surface area contributed by atoms with Crippen LogP contribution in [0.15, 0.2) is 54.7 Å². The van der Waals surface area contributed by atoms with Gasteiger partial charge in [0.1, 0.15) is 11.5 Å². The number of rotatable bonds is 6. The van der Waals surface area contributed by atoms with Crippen LogP contribution in [0.3, 0.4) is 0 Å². The maximum absolute atomic E-state index is 14.5. The third-order valence-electron chi connectivity index (χ3n) is 6.42. The van der Waals surface area contributed by atoms with Gasteiger partial charge in [-0.1, -0.05) is 12.1 Å². The average molecular weight is 518 g/mol. The van der Waals surface area contributed by atoms with Gasteiger partial charge in [0.05, 0.1) is 17.3 Å². The minimum Gasteiger partial charge on any atom is -0.335 e. The molecule has 0 atom stereocenters. The summed E-state index contributed by atoms with van der Waals surface area (Å²) in [5.41, 5.74) is 6.92. The number of fused-ring (bicyclic) bond motifs is 2. The van der Waals surface area contributed by atoms with Gasteiger partial charge < -0.3 is 10.3 Å². The van der Waals surface area contributed by atoms with Crippen LogP contribution in [-0.2, 0) is 16.6 Å². The number of imidazole rings is 1. The molecule has 37 heavy (non-hydrogen) atoms.